The molecule has 2 atom stereocenters. The summed E-state index contributed by atoms with van der Waals surface area (Å²) in [6.07, 6.45) is 1.93. The van der Waals surface area contributed by atoms with Crippen LogP contribution < -0.4 is 0 Å². The molecule has 1 aliphatic heterocycles. The smallest absolute Gasteiger partial charge is 0.280 e. The van der Waals surface area contributed by atoms with E-state index in [1.54, 1.807) is 0 Å². The van der Waals surface area contributed by atoms with Gasteiger partial charge in [0.15, 0.2) is 0 Å². The summed E-state index contributed by atoms with van der Waals surface area (Å²) in [5, 5.41) is 0. The molecule has 1 aliphatic rings. The molecule has 1 heterocycles. The van der Waals surface area contributed by atoms with Gasteiger partial charge in [-0.1, -0.05) is 91.0 Å². The van der Waals surface area contributed by atoms with E-state index in [1.807, 2.05) is 84.9 Å². The van der Waals surface area contributed by atoms with Crippen molar-refractivity contribution in [1.29, 1.82) is 0 Å². The lowest BCUT2D eigenvalue weighted by atomic mass is 10.2. The van der Waals surface area contributed by atoms with E-state index in [1.165, 1.54) is 0 Å². The molecule has 4 nitrogen and oxygen atoms in total. The highest BCUT2D eigenvalue weighted by Crippen LogP contribution is 2.24. The van der Waals surface area contributed by atoms with Crippen molar-refractivity contribution >= 4 is 0 Å². The van der Waals surface area contributed by atoms with Crippen molar-refractivity contribution < 1.29 is 18.9 Å². The molecule has 2 unspecified atom stereocenters. The number of hydrogen-bond acceptors (Lipinski definition) is 4. The molecule has 0 spiro atoms. The Labute approximate surface area is 177 Å². The van der Waals surface area contributed by atoms with Crippen LogP contribution in [-0.2, 0) is 38.8 Å². The highest BCUT2D eigenvalue weighted by atomic mass is 16.8. The zero-order valence-electron chi connectivity index (χ0n) is 16.9. The predicted molar refractivity (Wildman–Crippen MR) is 115 cm³/mol. The van der Waals surface area contributed by atoms with E-state index in [2.05, 4.69) is 12.1 Å². The quantitative estimate of drug-likeness (QED) is 0.467. The Kier molecular flexibility index (Phi) is 7.16. The van der Waals surface area contributed by atoms with Gasteiger partial charge in [0, 0.05) is 12.5 Å². The molecule has 3 aromatic carbocycles. The highest BCUT2D eigenvalue weighted by Gasteiger charge is 2.26. The molecule has 0 fully saturated rings. The molecule has 0 bridgehead atoms. The molecular weight excluding hydrogens is 376 g/mol. The van der Waals surface area contributed by atoms with Crippen LogP contribution in [0.1, 0.15) is 23.1 Å². The average molecular weight is 402 g/mol. The number of hydrogen-bond donors (Lipinski definition) is 0. The topological polar surface area (TPSA) is 36.9 Å². The van der Waals surface area contributed by atoms with Crippen LogP contribution in [0, 0.1) is 0 Å². The molecule has 30 heavy (non-hydrogen) atoms. The fourth-order valence-corrected chi connectivity index (χ4v) is 3.20. The summed E-state index contributed by atoms with van der Waals surface area (Å²) >= 11 is 0. The van der Waals surface area contributed by atoms with Gasteiger partial charge < -0.3 is 18.9 Å². The van der Waals surface area contributed by atoms with Crippen molar-refractivity contribution in [2.24, 2.45) is 0 Å². The van der Waals surface area contributed by atoms with Gasteiger partial charge in [0.2, 0.25) is 6.29 Å². The second-order valence-corrected chi connectivity index (χ2v) is 7.17. The number of benzene rings is 3. The summed E-state index contributed by atoms with van der Waals surface area (Å²) in [6, 6.07) is 30.2. The Morgan fingerprint density at radius 3 is 1.70 bits per heavy atom. The predicted octanol–water partition coefficient (Wildman–Crippen LogP) is 5.59. The first-order valence-electron chi connectivity index (χ1n) is 10.2. The summed E-state index contributed by atoms with van der Waals surface area (Å²) in [5.74, 6) is 0.446. The van der Waals surface area contributed by atoms with Crippen molar-refractivity contribution in [2.45, 2.75) is 38.6 Å². The largest absolute Gasteiger partial charge is 0.461 e. The third-order valence-electron chi connectivity index (χ3n) is 4.80. The molecule has 4 rings (SSSR count). The summed E-state index contributed by atoms with van der Waals surface area (Å²) in [7, 11) is 0. The summed E-state index contributed by atoms with van der Waals surface area (Å²) in [5.41, 5.74) is 3.31. The molecule has 0 saturated carbocycles. The first-order valence-corrected chi connectivity index (χ1v) is 10.2. The van der Waals surface area contributed by atoms with Gasteiger partial charge in [-0.3, -0.25) is 0 Å². The van der Waals surface area contributed by atoms with Gasteiger partial charge in [-0.2, -0.15) is 0 Å². The highest BCUT2D eigenvalue weighted by molar-refractivity contribution is 5.15. The van der Waals surface area contributed by atoms with E-state index in [0.29, 0.717) is 32.2 Å². The van der Waals surface area contributed by atoms with Crippen molar-refractivity contribution in [3.8, 4) is 0 Å². The van der Waals surface area contributed by atoms with Gasteiger partial charge in [-0.25, -0.2) is 0 Å². The summed E-state index contributed by atoms with van der Waals surface area (Å²) in [6.45, 7) is 1.44. The van der Waals surface area contributed by atoms with Crippen molar-refractivity contribution in [3.63, 3.8) is 0 Å². The van der Waals surface area contributed by atoms with Crippen LogP contribution in [0.3, 0.4) is 0 Å². The molecule has 0 aromatic heterocycles. The Bertz CT molecular complexity index is 910. The van der Waals surface area contributed by atoms with E-state index in [0.717, 1.165) is 16.7 Å². The Balaban J connectivity index is 1.38. The second-order valence-electron chi connectivity index (χ2n) is 7.17. The summed E-state index contributed by atoms with van der Waals surface area (Å²) in [4.78, 5) is 0. The molecule has 0 N–H and O–H groups in total. The van der Waals surface area contributed by atoms with E-state index in [4.69, 9.17) is 18.9 Å². The lowest BCUT2D eigenvalue weighted by Gasteiger charge is -2.29. The van der Waals surface area contributed by atoms with E-state index >= 15 is 0 Å². The maximum absolute atomic E-state index is 6.12. The first kappa shape index (κ1) is 20.2. The van der Waals surface area contributed by atoms with Gasteiger partial charge in [0.25, 0.3) is 5.95 Å². The van der Waals surface area contributed by atoms with Gasteiger partial charge >= 0.3 is 0 Å². The standard InChI is InChI=1S/C26H26O4/c1-4-10-21(11-5-1)18-27-24-16-25(28-19-22-12-6-2-7-13-22)30-26(17-24)29-20-23-14-8-3-9-15-23/h1-16,24,26H,17-20H2. The normalized spacial score (nSPS) is 18.3. The van der Waals surface area contributed by atoms with Crippen LogP contribution in [0.4, 0.5) is 0 Å². The zero-order chi connectivity index (χ0) is 20.4. The molecule has 0 amide bonds. The molecule has 4 heteroatoms. The van der Waals surface area contributed by atoms with Crippen LogP contribution in [0.2, 0.25) is 0 Å². The molecule has 0 aliphatic carbocycles. The van der Waals surface area contributed by atoms with Crippen LogP contribution >= 0.6 is 0 Å². The molecule has 0 saturated heterocycles. The Hall–Kier alpha value is -3.08. The maximum atomic E-state index is 6.12. The monoisotopic (exact) mass is 402 g/mol. The minimum atomic E-state index is -0.429. The number of ether oxygens (including phenoxy) is 4. The lowest BCUT2D eigenvalue weighted by molar-refractivity contribution is -0.186. The van der Waals surface area contributed by atoms with Gasteiger partial charge in [-0.15, -0.1) is 0 Å². The molecule has 3 aromatic rings. The Morgan fingerprint density at radius 1 is 0.633 bits per heavy atom. The van der Waals surface area contributed by atoms with Gasteiger partial charge in [-0.05, 0) is 16.7 Å². The molecular formula is C26H26O4. The fraction of sp³-hybridized carbons (Fsp3) is 0.231. The third kappa shape index (κ3) is 6.21. The fourth-order valence-electron chi connectivity index (χ4n) is 3.20. The summed E-state index contributed by atoms with van der Waals surface area (Å²) < 4.78 is 24.0. The van der Waals surface area contributed by atoms with Crippen LogP contribution in [0.15, 0.2) is 103 Å². The zero-order valence-corrected chi connectivity index (χ0v) is 16.9. The van der Waals surface area contributed by atoms with Crippen molar-refractivity contribution in [1.82, 2.24) is 0 Å². The SMILES string of the molecule is C1=C(OCc2ccccc2)OC(OCc2ccccc2)CC1OCc1ccccc1. The van der Waals surface area contributed by atoms with Crippen LogP contribution in [0.25, 0.3) is 0 Å². The van der Waals surface area contributed by atoms with E-state index in [-0.39, 0.29) is 6.10 Å². The van der Waals surface area contributed by atoms with Gasteiger partial charge in [0.05, 0.1) is 19.3 Å². The Morgan fingerprint density at radius 2 is 1.13 bits per heavy atom. The minimum Gasteiger partial charge on any atom is -0.461 e. The molecule has 0 radical (unpaired) electrons. The van der Waals surface area contributed by atoms with Gasteiger partial charge in [0.1, 0.15) is 6.61 Å². The van der Waals surface area contributed by atoms with E-state index < -0.39 is 6.29 Å². The van der Waals surface area contributed by atoms with Crippen LogP contribution in [0.5, 0.6) is 0 Å². The first-order chi connectivity index (χ1) is 14.8. The maximum Gasteiger partial charge on any atom is 0.280 e. The van der Waals surface area contributed by atoms with Crippen molar-refractivity contribution in [2.75, 3.05) is 0 Å². The third-order valence-corrected chi connectivity index (χ3v) is 4.80. The lowest BCUT2D eigenvalue weighted by Crippen LogP contribution is -2.30. The second kappa shape index (κ2) is 10.6. The number of rotatable bonds is 9. The average Bonchev–Trinajstić information content (AvgIpc) is 2.82. The minimum absolute atomic E-state index is 0.148. The van der Waals surface area contributed by atoms with E-state index in [9.17, 15) is 0 Å². The molecule has 154 valence electrons. The van der Waals surface area contributed by atoms with Crippen molar-refractivity contribution in [3.05, 3.63) is 120 Å². The van der Waals surface area contributed by atoms with Crippen LogP contribution in [-0.4, -0.2) is 12.4 Å².